The van der Waals surface area contributed by atoms with Crippen LogP contribution in [0.15, 0.2) is 54.6 Å². The number of ether oxygens (including phenoxy) is 2. The number of halogens is 3. The lowest BCUT2D eigenvalue weighted by Gasteiger charge is -2.16. The molecule has 0 N–H and O–H groups in total. The maximum absolute atomic E-state index is 12.7. The molecule has 0 aliphatic carbocycles. The summed E-state index contributed by atoms with van der Waals surface area (Å²) in [6.45, 7) is 1.79. The second kappa shape index (κ2) is 8.67. The highest BCUT2D eigenvalue weighted by Crippen LogP contribution is 2.29. The van der Waals surface area contributed by atoms with Crippen LogP contribution in [0.25, 0.3) is 0 Å². The van der Waals surface area contributed by atoms with Gasteiger partial charge in [0.05, 0.1) is 12.2 Å². The van der Waals surface area contributed by atoms with Gasteiger partial charge in [0, 0.05) is 0 Å². The molecule has 0 saturated heterocycles. The molecule has 2 aromatic rings. The highest BCUT2D eigenvalue weighted by Gasteiger charge is 2.30. The van der Waals surface area contributed by atoms with Gasteiger partial charge < -0.3 is 9.47 Å². The molecule has 134 valence electrons. The summed E-state index contributed by atoms with van der Waals surface area (Å²) in [7, 11) is 0. The number of benzene rings is 2. The van der Waals surface area contributed by atoms with Crippen molar-refractivity contribution in [3.63, 3.8) is 0 Å². The van der Waals surface area contributed by atoms with Crippen LogP contribution in [-0.4, -0.2) is 12.1 Å². The molecule has 6 heteroatoms. The molecule has 2 rings (SSSR count). The number of para-hydroxylation sites is 1. The second-order valence-corrected chi connectivity index (χ2v) is 5.52. The Bertz CT molecular complexity index is 684. The number of rotatable bonds is 7. The lowest BCUT2D eigenvalue weighted by Crippen LogP contribution is -2.28. The highest BCUT2D eigenvalue weighted by atomic mass is 19.4. The predicted octanol–water partition coefficient (Wildman–Crippen LogP) is 5.00. The Morgan fingerprint density at radius 2 is 1.80 bits per heavy atom. The van der Waals surface area contributed by atoms with E-state index >= 15 is 0 Å². The van der Waals surface area contributed by atoms with Gasteiger partial charge in [-0.05, 0) is 36.2 Å². The molecule has 0 fully saturated rings. The van der Waals surface area contributed by atoms with Gasteiger partial charge >= 0.3 is 12.1 Å². The van der Waals surface area contributed by atoms with Crippen molar-refractivity contribution < 1.29 is 27.4 Å². The van der Waals surface area contributed by atoms with E-state index < -0.39 is 23.8 Å². The van der Waals surface area contributed by atoms with Crippen LogP contribution in [0.4, 0.5) is 13.2 Å². The zero-order chi connectivity index (χ0) is 18.3. The van der Waals surface area contributed by atoms with Crippen molar-refractivity contribution in [2.45, 2.75) is 38.7 Å². The van der Waals surface area contributed by atoms with Gasteiger partial charge in [0.2, 0.25) is 0 Å². The number of esters is 1. The monoisotopic (exact) mass is 352 g/mol. The molecule has 25 heavy (non-hydrogen) atoms. The van der Waals surface area contributed by atoms with Gasteiger partial charge in [0.1, 0.15) is 5.75 Å². The van der Waals surface area contributed by atoms with Gasteiger partial charge in [0.15, 0.2) is 6.10 Å². The fraction of sp³-hybridized carbons (Fsp3) is 0.316. The van der Waals surface area contributed by atoms with E-state index in [-0.39, 0.29) is 6.61 Å². The maximum atomic E-state index is 12.7. The minimum atomic E-state index is -4.41. The number of hydrogen-bond acceptors (Lipinski definition) is 3. The van der Waals surface area contributed by atoms with Gasteiger partial charge in [-0.3, -0.25) is 0 Å². The third-order valence-electron chi connectivity index (χ3n) is 3.48. The van der Waals surface area contributed by atoms with Crippen LogP contribution in [0, 0.1) is 0 Å². The van der Waals surface area contributed by atoms with Crippen molar-refractivity contribution in [1.29, 1.82) is 0 Å². The van der Waals surface area contributed by atoms with Crippen LogP contribution < -0.4 is 4.74 Å². The first kappa shape index (κ1) is 19.0. The summed E-state index contributed by atoms with van der Waals surface area (Å²) in [4.78, 5) is 12.2. The van der Waals surface area contributed by atoms with Gasteiger partial charge in [-0.15, -0.1) is 0 Å². The van der Waals surface area contributed by atoms with Crippen LogP contribution in [-0.2, 0) is 22.3 Å². The number of alkyl halides is 3. The van der Waals surface area contributed by atoms with Crippen LogP contribution in [0.3, 0.4) is 0 Å². The quantitative estimate of drug-likeness (QED) is 0.520. The first-order chi connectivity index (χ1) is 11.9. The van der Waals surface area contributed by atoms with Crippen molar-refractivity contribution in [2.75, 3.05) is 0 Å². The molecule has 0 amide bonds. The molecule has 0 bridgehead atoms. The molecule has 0 spiro atoms. The van der Waals surface area contributed by atoms with E-state index in [0.29, 0.717) is 24.2 Å². The summed E-state index contributed by atoms with van der Waals surface area (Å²) >= 11 is 0. The predicted molar refractivity (Wildman–Crippen MR) is 87.0 cm³/mol. The average Bonchev–Trinajstić information content (AvgIpc) is 2.59. The normalized spacial score (nSPS) is 12.6. The van der Waals surface area contributed by atoms with E-state index in [1.165, 1.54) is 12.1 Å². The Morgan fingerprint density at radius 1 is 1.08 bits per heavy atom. The summed E-state index contributed by atoms with van der Waals surface area (Å²) in [6, 6.07) is 13.4. The summed E-state index contributed by atoms with van der Waals surface area (Å²) < 4.78 is 49.0. The summed E-state index contributed by atoms with van der Waals surface area (Å²) in [6.07, 6.45) is -4.15. The SMILES string of the molecule is CCCC(OCc1cccc(C(F)(F)F)c1)C(=O)Oc1ccccc1. The molecule has 0 aliphatic heterocycles. The topological polar surface area (TPSA) is 35.5 Å². The van der Waals surface area contributed by atoms with E-state index in [1.54, 1.807) is 30.3 Å². The van der Waals surface area contributed by atoms with E-state index in [4.69, 9.17) is 9.47 Å². The molecule has 0 aromatic heterocycles. The zero-order valence-electron chi connectivity index (χ0n) is 13.8. The van der Waals surface area contributed by atoms with Crippen molar-refractivity contribution in [3.8, 4) is 5.75 Å². The first-order valence-electron chi connectivity index (χ1n) is 7.94. The molecule has 1 unspecified atom stereocenters. The van der Waals surface area contributed by atoms with Crippen molar-refractivity contribution >= 4 is 5.97 Å². The Hall–Kier alpha value is -2.34. The largest absolute Gasteiger partial charge is 0.425 e. The van der Waals surface area contributed by atoms with Gasteiger partial charge in [-0.25, -0.2) is 4.79 Å². The third kappa shape index (κ3) is 5.90. The molecular formula is C19H19F3O3. The number of carbonyl (C=O) groups is 1. The van der Waals surface area contributed by atoms with Gasteiger partial charge in [-0.2, -0.15) is 13.2 Å². The Morgan fingerprint density at radius 3 is 2.44 bits per heavy atom. The van der Waals surface area contributed by atoms with E-state index in [2.05, 4.69) is 0 Å². The summed E-state index contributed by atoms with van der Waals surface area (Å²) in [5.41, 5.74) is -0.393. The van der Waals surface area contributed by atoms with E-state index in [1.807, 2.05) is 6.92 Å². The molecule has 2 aromatic carbocycles. The number of carbonyl (C=O) groups excluding carboxylic acids is 1. The van der Waals surface area contributed by atoms with Gasteiger partial charge in [-0.1, -0.05) is 43.7 Å². The standard InChI is InChI=1S/C19H19F3O3/c1-2-7-17(18(23)25-16-10-4-3-5-11-16)24-13-14-8-6-9-15(12-14)19(20,21)22/h3-6,8-12,17H,2,7,13H2,1H3. The molecule has 3 nitrogen and oxygen atoms in total. The maximum Gasteiger partial charge on any atom is 0.416 e. The fourth-order valence-corrected chi connectivity index (χ4v) is 2.24. The van der Waals surface area contributed by atoms with Crippen molar-refractivity contribution in [1.82, 2.24) is 0 Å². The Kier molecular flexibility index (Phi) is 6.58. The molecule has 0 aliphatic rings. The molecule has 1 atom stereocenters. The Labute approximate surface area is 144 Å². The Balaban J connectivity index is 2.00. The molecule has 0 radical (unpaired) electrons. The van der Waals surface area contributed by atoms with E-state index in [0.717, 1.165) is 12.1 Å². The summed E-state index contributed by atoms with van der Waals surface area (Å²) in [5.74, 6) is -0.156. The molecular weight excluding hydrogens is 333 g/mol. The smallest absolute Gasteiger partial charge is 0.416 e. The summed E-state index contributed by atoms with van der Waals surface area (Å²) in [5, 5.41) is 0. The van der Waals surface area contributed by atoms with Crippen molar-refractivity contribution in [3.05, 3.63) is 65.7 Å². The van der Waals surface area contributed by atoms with Crippen LogP contribution >= 0.6 is 0 Å². The zero-order valence-corrected chi connectivity index (χ0v) is 13.8. The number of hydrogen-bond donors (Lipinski definition) is 0. The van der Waals surface area contributed by atoms with Crippen LogP contribution in [0.5, 0.6) is 5.75 Å². The molecule has 0 heterocycles. The van der Waals surface area contributed by atoms with Gasteiger partial charge in [0.25, 0.3) is 0 Å². The minimum Gasteiger partial charge on any atom is -0.425 e. The van der Waals surface area contributed by atoms with Crippen molar-refractivity contribution in [2.24, 2.45) is 0 Å². The van der Waals surface area contributed by atoms with E-state index in [9.17, 15) is 18.0 Å². The first-order valence-corrected chi connectivity index (χ1v) is 7.94. The lowest BCUT2D eigenvalue weighted by molar-refractivity contribution is -0.149. The third-order valence-corrected chi connectivity index (χ3v) is 3.48. The van der Waals surface area contributed by atoms with Crippen LogP contribution in [0.1, 0.15) is 30.9 Å². The fourth-order valence-electron chi connectivity index (χ4n) is 2.24. The highest BCUT2D eigenvalue weighted by molar-refractivity contribution is 5.77. The molecule has 0 saturated carbocycles. The lowest BCUT2D eigenvalue weighted by atomic mass is 10.1. The second-order valence-electron chi connectivity index (χ2n) is 5.52. The minimum absolute atomic E-state index is 0.0987. The van der Waals surface area contributed by atoms with Crippen LogP contribution in [0.2, 0.25) is 0 Å². The average molecular weight is 352 g/mol.